The van der Waals surface area contributed by atoms with Crippen LogP contribution in [0.3, 0.4) is 0 Å². The van der Waals surface area contributed by atoms with Gasteiger partial charge in [0.2, 0.25) is 0 Å². The lowest BCUT2D eigenvalue weighted by Crippen LogP contribution is -2.67. The second-order valence-electron chi connectivity index (χ2n) is 15.2. The van der Waals surface area contributed by atoms with Crippen LogP contribution in [0, 0.1) is 56.7 Å². The van der Waals surface area contributed by atoms with Gasteiger partial charge in [0, 0.05) is 12.6 Å². The molecule has 10 atom stereocenters. The summed E-state index contributed by atoms with van der Waals surface area (Å²) in [7, 11) is 0. The highest BCUT2D eigenvalue weighted by Gasteiger charge is 2.72. The van der Waals surface area contributed by atoms with E-state index >= 15 is 0 Å². The Bertz CT molecular complexity index is 913. The van der Waals surface area contributed by atoms with Gasteiger partial charge in [0.15, 0.2) is 0 Å². The van der Waals surface area contributed by atoms with E-state index in [0.29, 0.717) is 41.7 Å². The van der Waals surface area contributed by atoms with Gasteiger partial charge in [-0.15, -0.1) is 0 Å². The maximum atomic E-state index is 12.8. The summed E-state index contributed by atoms with van der Waals surface area (Å²) in [5.41, 5.74) is 1.68. The van der Waals surface area contributed by atoms with Gasteiger partial charge >= 0.3 is 5.97 Å². The lowest BCUT2D eigenvalue weighted by atomic mass is 9.32. The molecule has 2 unspecified atom stereocenters. The van der Waals surface area contributed by atoms with Gasteiger partial charge in [-0.05, 0) is 122 Å². The minimum Gasteiger partial charge on any atom is -0.481 e. The van der Waals surface area contributed by atoms with Crippen molar-refractivity contribution in [2.24, 2.45) is 56.7 Å². The summed E-state index contributed by atoms with van der Waals surface area (Å²) in [4.78, 5) is 12.8. The predicted octanol–water partition coefficient (Wildman–Crippen LogP) is 6.68. The van der Waals surface area contributed by atoms with Crippen molar-refractivity contribution in [1.29, 1.82) is 0 Å². The van der Waals surface area contributed by atoms with Gasteiger partial charge in [-0.25, -0.2) is 0 Å². The first-order valence-corrected chi connectivity index (χ1v) is 15.0. The summed E-state index contributed by atoms with van der Waals surface area (Å²) in [6, 6.07) is 0.472. The van der Waals surface area contributed by atoms with Crippen molar-refractivity contribution in [2.45, 2.75) is 112 Å². The molecular weight excluding hydrogens is 446 g/mol. The summed E-state index contributed by atoms with van der Waals surface area (Å²) in [6.45, 7) is 20.2. The molecule has 0 spiro atoms. The molecule has 5 aliphatic rings. The molecule has 36 heavy (non-hydrogen) atoms. The third-order valence-corrected chi connectivity index (χ3v) is 14.0. The monoisotopic (exact) mass is 499 g/mol. The van der Waals surface area contributed by atoms with Crippen LogP contribution in [0.15, 0.2) is 12.2 Å². The summed E-state index contributed by atoms with van der Waals surface area (Å²) in [5, 5.41) is 23.7. The molecular formula is C32H53NO3. The van der Waals surface area contributed by atoms with Crippen molar-refractivity contribution in [2.75, 3.05) is 13.2 Å². The third-order valence-electron chi connectivity index (χ3n) is 14.0. The molecule has 0 amide bonds. The minimum atomic E-state index is -0.531. The van der Waals surface area contributed by atoms with E-state index in [-0.39, 0.29) is 28.8 Å². The average Bonchev–Trinajstić information content (AvgIpc) is 3.20. The number of fused-ring (bicyclic) bond motifs is 7. The highest BCUT2D eigenvalue weighted by Crippen LogP contribution is 2.77. The van der Waals surface area contributed by atoms with Crippen LogP contribution < -0.4 is 5.32 Å². The lowest BCUT2D eigenvalue weighted by molar-refractivity contribution is -0.240. The fourth-order valence-electron chi connectivity index (χ4n) is 12.1. The predicted molar refractivity (Wildman–Crippen MR) is 145 cm³/mol. The maximum absolute atomic E-state index is 12.8. The number of carboxylic acids is 1. The molecule has 0 aromatic carbocycles. The molecule has 204 valence electrons. The average molecular weight is 500 g/mol. The van der Waals surface area contributed by atoms with Crippen LogP contribution in [0.2, 0.25) is 0 Å². The number of rotatable bonds is 5. The third kappa shape index (κ3) is 3.28. The fraction of sp³-hybridized carbons (Fsp3) is 0.906. The molecule has 0 radical (unpaired) electrons. The topological polar surface area (TPSA) is 69.6 Å². The molecule has 5 rings (SSSR count). The van der Waals surface area contributed by atoms with Gasteiger partial charge in [0.1, 0.15) is 0 Å². The van der Waals surface area contributed by atoms with E-state index in [9.17, 15) is 15.0 Å². The normalized spacial score (nSPS) is 51.4. The number of aliphatic hydroxyl groups excluding tert-OH is 1. The molecule has 5 fully saturated rings. The second kappa shape index (κ2) is 8.57. The van der Waals surface area contributed by atoms with Gasteiger partial charge in [-0.2, -0.15) is 0 Å². The molecule has 0 aliphatic heterocycles. The van der Waals surface area contributed by atoms with Crippen molar-refractivity contribution in [3.63, 3.8) is 0 Å². The summed E-state index contributed by atoms with van der Waals surface area (Å²) in [5.74, 6) is 1.96. The van der Waals surface area contributed by atoms with Crippen LogP contribution >= 0.6 is 0 Å². The lowest BCUT2D eigenvalue weighted by Gasteiger charge is -2.73. The molecule has 0 saturated heterocycles. The van der Waals surface area contributed by atoms with E-state index in [2.05, 4.69) is 53.4 Å². The Balaban J connectivity index is 1.51. The standard InChI is InChI=1S/C32H53NO3/c1-20(2)21-10-15-32(27(35)36)17-16-30(6)22(26(21)32)8-9-24-29(5)13-12-25(33-18-19-34)28(3,4)23(29)11-14-31(24,30)7/h21-26,33-34H,1,8-19H2,2-7H3,(H,35,36)/t21-,22+,23-,24+,25?,26?,29-,30+,31+,32-/m0/s1. The molecule has 0 bridgehead atoms. The Kier molecular flexibility index (Phi) is 6.36. The molecule has 0 aromatic rings. The van der Waals surface area contributed by atoms with Crippen molar-refractivity contribution in [1.82, 2.24) is 5.32 Å². The number of nitrogens with one attached hydrogen (secondary N) is 1. The first-order chi connectivity index (χ1) is 16.8. The molecule has 5 aliphatic carbocycles. The minimum absolute atomic E-state index is 0.196. The van der Waals surface area contributed by atoms with Crippen molar-refractivity contribution in [3.05, 3.63) is 12.2 Å². The van der Waals surface area contributed by atoms with E-state index in [0.717, 1.165) is 25.7 Å². The summed E-state index contributed by atoms with van der Waals surface area (Å²) in [6.07, 6.45) is 11.2. The van der Waals surface area contributed by atoms with Crippen molar-refractivity contribution in [3.8, 4) is 0 Å². The van der Waals surface area contributed by atoms with E-state index < -0.39 is 11.4 Å². The van der Waals surface area contributed by atoms with Crippen molar-refractivity contribution >= 4 is 5.97 Å². The molecule has 0 heterocycles. The van der Waals surface area contributed by atoms with Crippen LogP contribution in [-0.2, 0) is 4.79 Å². The number of aliphatic hydroxyl groups is 1. The molecule has 4 heteroatoms. The summed E-state index contributed by atoms with van der Waals surface area (Å²) < 4.78 is 0. The largest absolute Gasteiger partial charge is 0.481 e. The second-order valence-corrected chi connectivity index (χ2v) is 15.2. The van der Waals surface area contributed by atoms with Crippen LogP contribution in [0.25, 0.3) is 0 Å². The zero-order valence-corrected chi connectivity index (χ0v) is 24.0. The number of hydrogen-bond acceptors (Lipinski definition) is 3. The smallest absolute Gasteiger partial charge is 0.309 e. The quantitative estimate of drug-likeness (QED) is 0.369. The molecule has 0 aromatic heterocycles. The van der Waals surface area contributed by atoms with Crippen LogP contribution in [0.1, 0.15) is 106 Å². The Morgan fingerprint density at radius 3 is 2.25 bits per heavy atom. The van der Waals surface area contributed by atoms with Crippen molar-refractivity contribution < 1.29 is 15.0 Å². The first kappa shape index (κ1) is 26.7. The zero-order valence-electron chi connectivity index (χ0n) is 24.0. The number of carboxylic acid groups (broad SMARTS) is 1. The Morgan fingerprint density at radius 1 is 0.889 bits per heavy atom. The fourth-order valence-corrected chi connectivity index (χ4v) is 12.1. The van der Waals surface area contributed by atoms with E-state index in [1.807, 2.05) is 0 Å². The summed E-state index contributed by atoms with van der Waals surface area (Å²) >= 11 is 0. The SMILES string of the molecule is C=C(C)[C@@H]1CC[C@]2(C(=O)O)CC[C@]3(C)[C@H](CC[C@@H]4[C@@]5(C)CCC(NCCO)C(C)(C)[C@@H]5CC[C@]43C)C12. The first-order valence-electron chi connectivity index (χ1n) is 15.0. The van der Waals surface area contributed by atoms with E-state index in [1.165, 1.54) is 44.1 Å². The molecule has 3 N–H and O–H groups in total. The number of allylic oxidation sites excluding steroid dienone is 1. The highest BCUT2D eigenvalue weighted by molar-refractivity contribution is 5.76. The van der Waals surface area contributed by atoms with Crippen LogP contribution in [0.5, 0.6) is 0 Å². The zero-order chi connectivity index (χ0) is 26.3. The number of carbonyl (C=O) groups is 1. The van der Waals surface area contributed by atoms with Gasteiger partial charge < -0.3 is 15.5 Å². The maximum Gasteiger partial charge on any atom is 0.309 e. The van der Waals surface area contributed by atoms with Gasteiger partial charge in [-0.1, -0.05) is 46.8 Å². The number of aliphatic carboxylic acids is 1. The van der Waals surface area contributed by atoms with E-state index in [1.54, 1.807) is 0 Å². The van der Waals surface area contributed by atoms with E-state index in [4.69, 9.17) is 0 Å². The Hall–Kier alpha value is -0.870. The highest BCUT2D eigenvalue weighted by atomic mass is 16.4. The molecule has 4 nitrogen and oxygen atoms in total. The molecule has 5 saturated carbocycles. The number of hydrogen-bond donors (Lipinski definition) is 3. The van der Waals surface area contributed by atoms with Gasteiger partial charge in [0.05, 0.1) is 12.0 Å². The van der Waals surface area contributed by atoms with Crippen LogP contribution in [0.4, 0.5) is 0 Å². The van der Waals surface area contributed by atoms with Gasteiger partial charge in [-0.3, -0.25) is 4.79 Å². The Labute approximate surface area is 220 Å². The van der Waals surface area contributed by atoms with Crippen LogP contribution in [-0.4, -0.2) is 35.4 Å². The Morgan fingerprint density at radius 2 is 1.61 bits per heavy atom. The van der Waals surface area contributed by atoms with Gasteiger partial charge in [0.25, 0.3) is 0 Å².